The number of rotatable bonds is 7. The molecule has 0 aromatic heterocycles. The molecule has 0 atom stereocenters. The summed E-state index contributed by atoms with van der Waals surface area (Å²) in [5.74, 6) is -12.7. The predicted molar refractivity (Wildman–Crippen MR) is 92.9 cm³/mol. The fraction of sp³-hybridized carbons (Fsp3) is 0.294. The molecule has 0 radical (unpaired) electrons. The summed E-state index contributed by atoms with van der Waals surface area (Å²) in [6.45, 7) is 1.83. The van der Waals surface area contributed by atoms with E-state index in [0.717, 1.165) is 5.56 Å². The first-order chi connectivity index (χ1) is 13.0. The molecular formula is C17H17F5O4SSi. The summed E-state index contributed by atoms with van der Waals surface area (Å²) in [6, 6.07) is 6.39. The van der Waals surface area contributed by atoms with Crippen molar-refractivity contribution in [3.8, 4) is 0 Å². The smallest absolute Gasteiger partial charge is 0.338 e. The van der Waals surface area contributed by atoms with Gasteiger partial charge in [-0.3, -0.25) is 0 Å². The zero-order valence-electron chi connectivity index (χ0n) is 15.2. The fourth-order valence-electron chi connectivity index (χ4n) is 2.50. The van der Waals surface area contributed by atoms with Crippen molar-refractivity contribution >= 4 is 18.4 Å². The predicted octanol–water partition coefficient (Wildman–Crippen LogP) is 3.80. The van der Waals surface area contributed by atoms with Crippen molar-refractivity contribution in [2.75, 3.05) is 14.2 Å². The van der Waals surface area contributed by atoms with Gasteiger partial charge in [-0.15, -0.1) is 0 Å². The molecule has 0 saturated carbocycles. The highest BCUT2D eigenvalue weighted by Gasteiger charge is 2.33. The van der Waals surface area contributed by atoms with Gasteiger partial charge in [0.1, 0.15) is 4.90 Å². The van der Waals surface area contributed by atoms with E-state index < -0.39 is 58.1 Å². The van der Waals surface area contributed by atoms with E-state index >= 15 is 0 Å². The van der Waals surface area contributed by atoms with E-state index in [2.05, 4.69) is 0 Å². The fourth-order valence-corrected chi connectivity index (χ4v) is 5.43. The Balaban J connectivity index is 2.34. The van der Waals surface area contributed by atoms with Crippen LogP contribution in [0.15, 0.2) is 29.2 Å². The lowest BCUT2D eigenvalue weighted by atomic mass is 10.2. The van der Waals surface area contributed by atoms with Crippen LogP contribution in [0.2, 0.25) is 6.55 Å². The highest BCUT2D eigenvalue weighted by molar-refractivity contribution is 7.90. The van der Waals surface area contributed by atoms with Crippen molar-refractivity contribution in [3.05, 3.63) is 64.5 Å². The van der Waals surface area contributed by atoms with Crippen LogP contribution in [0.25, 0.3) is 0 Å². The van der Waals surface area contributed by atoms with Crippen LogP contribution in [0.4, 0.5) is 22.0 Å². The third-order valence-electron chi connectivity index (χ3n) is 4.25. The number of hydrogen-bond donors (Lipinski definition) is 0. The van der Waals surface area contributed by atoms with Gasteiger partial charge in [0.15, 0.2) is 33.1 Å². The highest BCUT2D eigenvalue weighted by Crippen LogP contribution is 2.29. The first-order valence-corrected chi connectivity index (χ1v) is 12.1. The Hall–Kier alpha value is -1.82. The van der Waals surface area contributed by atoms with Crippen molar-refractivity contribution < 1.29 is 39.2 Å². The second kappa shape index (κ2) is 8.27. The third-order valence-corrected chi connectivity index (χ3v) is 8.72. The second-order valence-corrected chi connectivity index (χ2v) is 11.6. The molecule has 0 bridgehead atoms. The molecule has 0 N–H and O–H groups in total. The summed E-state index contributed by atoms with van der Waals surface area (Å²) in [5, 5.41) is 0. The molecule has 0 unspecified atom stereocenters. The van der Waals surface area contributed by atoms with Crippen molar-refractivity contribution in [3.63, 3.8) is 0 Å². The van der Waals surface area contributed by atoms with Gasteiger partial charge in [-0.05, 0) is 17.7 Å². The Bertz CT molecular complexity index is 947. The molecule has 0 aliphatic heterocycles. The molecule has 2 aromatic carbocycles. The zero-order chi connectivity index (χ0) is 21.3. The average molecular weight is 440 g/mol. The van der Waals surface area contributed by atoms with Crippen LogP contribution in [0, 0.1) is 29.1 Å². The lowest BCUT2D eigenvalue weighted by Crippen LogP contribution is -2.39. The molecule has 11 heteroatoms. The van der Waals surface area contributed by atoms with Gasteiger partial charge < -0.3 is 8.85 Å². The summed E-state index contributed by atoms with van der Waals surface area (Å²) >= 11 is 0. The van der Waals surface area contributed by atoms with Crippen molar-refractivity contribution in [1.82, 2.24) is 0 Å². The van der Waals surface area contributed by atoms with Gasteiger partial charge in [0.25, 0.3) is 0 Å². The summed E-state index contributed by atoms with van der Waals surface area (Å²) in [7, 11) is -4.23. The Morgan fingerprint density at radius 1 is 0.786 bits per heavy atom. The van der Waals surface area contributed by atoms with E-state index in [9.17, 15) is 30.4 Å². The van der Waals surface area contributed by atoms with Crippen LogP contribution in [0.3, 0.4) is 0 Å². The van der Waals surface area contributed by atoms with Crippen LogP contribution in [0.5, 0.6) is 0 Å². The van der Waals surface area contributed by atoms with Gasteiger partial charge in [0.05, 0.1) is 5.75 Å². The maximum atomic E-state index is 13.8. The van der Waals surface area contributed by atoms with Gasteiger partial charge in [0.2, 0.25) is 5.82 Å². The third kappa shape index (κ3) is 4.42. The Labute approximate surface area is 160 Å². The van der Waals surface area contributed by atoms with Crippen molar-refractivity contribution in [2.45, 2.75) is 23.2 Å². The molecule has 154 valence electrons. The molecule has 0 fully saturated rings. The second-order valence-electron chi connectivity index (χ2n) is 6.19. The van der Waals surface area contributed by atoms with E-state index in [1.807, 2.05) is 6.55 Å². The van der Waals surface area contributed by atoms with Crippen LogP contribution < -0.4 is 0 Å². The van der Waals surface area contributed by atoms with Crippen LogP contribution >= 0.6 is 0 Å². The molecule has 0 spiro atoms. The number of sulfone groups is 1. The Morgan fingerprint density at radius 2 is 1.18 bits per heavy atom. The highest BCUT2D eigenvalue weighted by atomic mass is 32.2. The minimum absolute atomic E-state index is 0.117. The quantitative estimate of drug-likeness (QED) is 0.216. The molecule has 0 aliphatic rings. The van der Waals surface area contributed by atoms with Gasteiger partial charge in [-0.2, -0.15) is 0 Å². The largest absolute Gasteiger partial charge is 0.398 e. The summed E-state index contributed by atoms with van der Waals surface area (Å²) in [6.07, 6.45) is 0. The minimum atomic E-state index is -4.83. The SMILES string of the molecule is CO[Si](C)(Cc1ccc(CS(=O)(=O)c2c(F)c(F)c(F)c(F)c2F)cc1)OC. The lowest BCUT2D eigenvalue weighted by molar-refractivity contribution is 0.249. The van der Waals surface area contributed by atoms with Crippen LogP contribution in [0.1, 0.15) is 11.1 Å². The van der Waals surface area contributed by atoms with E-state index in [1.54, 1.807) is 12.1 Å². The standard InChI is InChI=1S/C17H17F5O4SSi/c1-25-28(3,26-2)9-11-6-4-10(5-7-11)8-27(23,24)17-15(21)13(19)12(18)14(20)16(17)22/h4-7H,8-9H2,1-3H3. The van der Waals surface area contributed by atoms with Gasteiger partial charge in [-0.25, -0.2) is 30.4 Å². The van der Waals surface area contributed by atoms with Crippen LogP contribution in [-0.2, 0) is 30.5 Å². The van der Waals surface area contributed by atoms with Gasteiger partial charge in [-0.1, -0.05) is 24.3 Å². The number of hydrogen-bond acceptors (Lipinski definition) is 4. The molecular weight excluding hydrogens is 423 g/mol. The Morgan fingerprint density at radius 3 is 1.61 bits per heavy atom. The minimum Gasteiger partial charge on any atom is -0.398 e. The molecule has 28 heavy (non-hydrogen) atoms. The van der Waals surface area contributed by atoms with E-state index in [4.69, 9.17) is 8.85 Å². The van der Waals surface area contributed by atoms with E-state index in [1.165, 1.54) is 26.4 Å². The van der Waals surface area contributed by atoms with Crippen LogP contribution in [-0.4, -0.2) is 31.2 Å². The van der Waals surface area contributed by atoms with Crippen molar-refractivity contribution in [2.24, 2.45) is 0 Å². The molecule has 2 aromatic rings. The lowest BCUT2D eigenvalue weighted by Gasteiger charge is -2.22. The number of halogens is 5. The topological polar surface area (TPSA) is 52.6 Å². The van der Waals surface area contributed by atoms with Gasteiger partial charge in [0, 0.05) is 20.3 Å². The normalized spacial score (nSPS) is 12.4. The van der Waals surface area contributed by atoms with Gasteiger partial charge >= 0.3 is 8.56 Å². The first kappa shape index (κ1) is 22.5. The maximum Gasteiger partial charge on any atom is 0.338 e. The number of benzene rings is 2. The van der Waals surface area contributed by atoms with E-state index in [-0.39, 0.29) is 5.56 Å². The zero-order valence-corrected chi connectivity index (χ0v) is 17.0. The van der Waals surface area contributed by atoms with E-state index in [0.29, 0.717) is 6.04 Å². The summed E-state index contributed by atoms with van der Waals surface area (Å²) in [5.41, 5.74) is 0.890. The molecule has 4 nitrogen and oxygen atoms in total. The average Bonchev–Trinajstić information content (AvgIpc) is 2.66. The monoisotopic (exact) mass is 440 g/mol. The molecule has 2 rings (SSSR count). The maximum absolute atomic E-state index is 13.8. The summed E-state index contributed by atoms with van der Waals surface area (Å²) < 4.78 is 103. The Kier molecular flexibility index (Phi) is 6.64. The molecule has 0 amide bonds. The van der Waals surface area contributed by atoms with Crippen molar-refractivity contribution in [1.29, 1.82) is 0 Å². The first-order valence-electron chi connectivity index (χ1n) is 7.88. The summed E-state index contributed by atoms with van der Waals surface area (Å²) in [4.78, 5) is -1.84. The molecule has 0 aliphatic carbocycles. The molecule has 0 heterocycles. The molecule has 0 saturated heterocycles.